The molecule has 0 aliphatic carbocycles. The fourth-order valence-electron chi connectivity index (χ4n) is 3.64. The molecule has 1 aromatic carbocycles. The van der Waals surface area contributed by atoms with Crippen LogP contribution in [-0.4, -0.2) is 13.2 Å². The predicted octanol–water partition coefficient (Wildman–Crippen LogP) is 10.1. The van der Waals surface area contributed by atoms with Gasteiger partial charge in [-0.1, -0.05) is 64.5 Å². The summed E-state index contributed by atoms with van der Waals surface area (Å²) in [7, 11) is 0. The van der Waals surface area contributed by atoms with Crippen LogP contribution in [0.5, 0.6) is 11.5 Å². The minimum atomic E-state index is 0.741. The Bertz CT molecular complexity index is 903. The molecule has 2 nitrogen and oxygen atoms in total. The van der Waals surface area contributed by atoms with E-state index in [2.05, 4.69) is 85.3 Å². The molecule has 0 saturated heterocycles. The molecule has 0 N–H and O–H groups in total. The van der Waals surface area contributed by atoms with Crippen LogP contribution in [-0.2, 0) is 0 Å². The summed E-state index contributed by atoms with van der Waals surface area (Å²) in [4.78, 5) is 2.47. The molecular weight excluding hydrogens is 456 g/mol. The van der Waals surface area contributed by atoms with Gasteiger partial charge in [-0.2, -0.15) is 0 Å². The van der Waals surface area contributed by atoms with E-state index < -0.39 is 0 Å². The van der Waals surface area contributed by atoms with E-state index in [1.54, 1.807) is 22.7 Å². The van der Waals surface area contributed by atoms with Crippen molar-refractivity contribution >= 4 is 47.0 Å². The molecule has 3 rings (SSSR count). The Morgan fingerprint density at radius 3 is 1.47 bits per heavy atom. The maximum absolute atomic E-state index is 6.31. The molecule has 0 unspecified atom stereocenters. The molecular formula is C30H38O2S2. The summed E-state index contributed by atoms with van der Waals surface area (Å²) < 4.78 is 12.6. The predicted molar refractivity (Wildman–Crippen MR) is 152 cm³/mol. The third-order valence-electron chi connectivity index (χ3n) is 5.59. The molecule has 182 valence electrons. The zero-order valence-corrected chi connectivity index (χ0v) is 22.3. The molecule has 2 heterocycles. The molecule has 3 aromatic rings. The lowest BCUT2D eigenvalue weighted by atomic mass is 10.1. The molecule has 0 atom stereocenters. The smallest absolute Gasteiger partial charge is 0.127 e. The first-order chi connectivity index (χ1) is 16.8. The van der Waals surface area contributed by atoms with E-state index in [1.165, 1.54) is 48.3 Å². The van der Waals surface area contributed by atoms with Gasteiger partial charge in [0, 0.05) is 20.9 Å². The maximum Gasteiger partial charge on any atom is 0.127 e. The Labute approximate surface area is 214 Å². The fraction of sp³-hybridized carbons (Fsp3) is 0.400. The van der Waals surface area contributed by atoms with Crippen LogP contribution in [0.15, 0.2) is 47.2 Å². The summed E-state index contributed by atoms with van der Waals surface area (Å²) in [5.74, 6) is 1.85. The van der Waals surface area contributed by atoms with Crippen LogP contribution in [0, 0.1) is 0 Å². The van der Waals surface area contributed by atoms with E-state index in [0.29, 0.717) is 0 Å². The number of rotatable bonds is 16. The summed E-state index contributed by atoms with van der Waals surface area (Å²) in [6.45, 7) is 5.96. The fourth-order valence-corrected chi connectivity index (χ4v) is 4.88. The molecule has 2 aromatic heterocycles. The van der Waals surface area contributed by atoms with Gasteiger partial charge in [0.25, 0.3) is 0 Å². The first kappa shape index (κ1) is 26.3. The molecule has 0 saturated carbocycles. The van der Waals surface area contributed by atoms with Crippen molar-refractivity contribution in [3.05, 3.63) is 68.0 Å². The molecule has 0 amide bonds. The Hall–Kier alpha value is -2.30. The number of unbranched alkanes of at least 4 members (excludes halogenated alkanes) is 6. The highest BCUT2D eigenvalue weighted by atomic mass is 32.1. The van der Waals surface area contributed by atoms with Crippen LogP contribution in [0.25, 0.3) is 24.3 Å². The molecule has 0 fully saturated rings. The standard InChI is InChI=1S/C30H38O2S2/c1-3-5-7-9-19-31-29-23-26(16-18-28-14-12-22-34-28)30(32-20-10-8-6-4-2)24-25(29)15-17-27-13-11-21-33-27/h11-18,21-24H,3-10,19-20H2,1-2H3/b17-15+,18-16+. The van der Waals surface area contributed by atoms with Crippen molar-refractivity contribution in [2.75, 3.05) is 13.2 Å². The van der Waals surface area contributed by atoms with Crippen LogP contribution < -0.4 is 9.47 Å². The lowest BCUT2D eigenvalue weighted by Gasteiger charge is -2.15. The quantitative estimate of drug-likeness (QED) is 0.184. The van der Waals surface area contributed by atoms with Gasteiger partial charge in [0.1, 0.15) is 11.5 Å². The average Bonchev–Trinajstić information content (AvgIpc) is 3.56. The molecule has 4 heteroatoms. The van der Waals surface area contributed by atoms with Crippen LogP contribution in [0.2, 0.25) is 0 Å². The van der Waals surface area contributed by atoms with Crippen LogP contribution in [0.4, 0.5) is 0 Å². The molecule has 0 aliphatic rings. The van der Waals surface area contributed by atoms with Gasteiger partial charge in [-0.25, -0.2) is 0 Å². The third-order valence-corrected chi connectivity index (χ3v) is 7.27. The Kier molecular flexibility index (Phi) is 12.0. The minimum absolute atomic E-state index is 0.741. The molecule has 0 spiro atoms. The number of benzene rings is 1. The summed E-state index contributed by atoms with van der Waals surface area (Å²) >= 11 is 3.48. The van der Waals surface area contributed by atoms with E-state index in [-0.39, 0.29) is 0 Å². The van der Waals surface area contributed by atoms with Gasteiger partial charge in [-0.15, -0.1) is 22.7 Å². The number of hydrogen-bond acceptors (Lipinski definition) is 4. The minimum Gasteiger partial charge on any atom is -0.493 e. The molecule has 0 aliphatic heterocycles. The average molecular weight is 495 g/mol. The van der Waals surface area contributed by atoms with Gasteiger partial charge in [-0.3, -0.25) is 0 Å². The second-order valence-electron chi connectivity index (χ2n) is 8.44. The highest BCUT2D eigenvalue weighted by Crippen LogP contribution is 2.33. The van der Waals surface area contributed by atoms with Gasteiger partial charge < -0.3 is 9.47 Å². The monoisotopic (exact) mass is 494 g/mol. The van der Waals surface area contributed by atoms with Gasteiger partial charge in [0.15, 0.2) is 0 Å². The van der Waals surface area contributed by atoms with Crippen LogP contribution >= 0.6 is 22.7 Å². The van der Waals surface area contributed by atoms with Crippen molar-refractivity contribution in [2.45, 2.75) is 65.2 Å². The van der Waals surface area contributed by atoms with Crippen LogP contribution in [0.3, 0.4) is 0 Å². The summed E-state index contributed by atoms with van der Waals surface area (Å²) in [5, 5.41) is 4.21. The SMILES string of the molecule is CCCCCCOc1cc(/C=C/c2cccs2)c(OCCCCCC)cc1/C=C/c1cccs1. The zero-order valence-electron chi connectivity index (χ0n) is 20.6. The van der Waals surface area contributed by atoms with Crippen molar-refractivity contribution in [1.82, 2.24) is 0 Å². The van der Waals surface area contributed by atoms with E-state index >= 15 is 0 Å². The van der Waals surface area contributed by atoms with Gasteiger partial charge in [0.05, 0.1) is 13.2 Å². The molecule has 0 bridgehead atoms. The molecule has 0 radical (unpaired) electrons. The zero-order chi connectivity index (χ0) is 23.8. The van der Waals surface area contributed by atoms with Gasteiger partial charge in [-0.05, 0) is 72.2 Å². The second-order valence-corrected chi connectivity index (χ2v) is 10.4. The lowest BCUT2D eigenvalue weighted by Crippen LogP contribution is -2.03. The van der Waals surface area contributed by atoms with Crippen LogP contribution in [0.1, 0.15) is 86.1 Å². The Balaban J connectivity index is 1.85. The van der Waals surface area contributed by atoms with Crippen molar-refractivity contribution in [1.29, 1.82) is 0 Å². The lowest BCUT2D eigenvalue weighted by molar-refractivity contribution is 0.296. The van der Waals surface area contributed by atoms with E-state index in [1.807, 2.05) is 0 Å². The van der Waals surface area contributed by atoms with Crippen molar-refractivity contribution in [3.63, 3.8) is 0 Å². The highest BCUT2D eigenvalue weighted by Gasteiger charge is 2.10. The first-order valence-electron chi connectivity index (χ1n) is 12.7. The van der Waals surface area contributed by atoms with Crippen molar-refractivity contribution in [2.24, 2.45) is 0 Å². The summed E-state index contributed by atoms with van der Waals surface area (Å²) in [5.41, 5.74) is 2.14. The highest BCUT2D eigenvalue weighted by molar-refractivity contribution is 7.11. The third kappa shape index (κ3) is 9.15. The van der Waals surface area contributed by atoms with Gasteiger partial charge in [0.2, 0.25) is 0 Å². The number of hydrogen-bond donors (Lipinski definition) is 0. The molecule has 34 heavy (non-hydrogen) atoms. The number of thiophene rings is 2. The van der Waals surface area contributed by atoms with Crippen molar-refractivity contribution in [3.8, 4) is 11.5 Å². The van der Waals surface area contributed by atoms with Gasteiger partial charge >= 0.3 is 0 Å². The Morgan fingerprint density at radius 2 is 1.09 bits per heavy atom. The normalized spacial score (nSPS) is 11.6. The second kappa shape index (κ2) is 15.6. The summed E-state index contributed by atoms with van der Waals surface area (Å²) in [6, 6.07) is 12.7. The largest absolute Gasteiger partial charge is 0.493 e. The van der Waals surface area contributed by atoms with E-state index in [0.717, 1.165) is 48.7 Å². The van der Waals surface area contributed by atoms with E-state index in [9.17, 15) is 0 Å². The first-order valence-corrected chi connectivity index (χ1v) is 14.4. The summed E-state index contributed by atoms with van der Waals surface area (Å²) in [6.07, 6.45) is 18.2. The van der Waals surface area contributed by atoms with E-state index in [4.69, 9.17) is 9.47 Å². The number of ether oxygens (including phenoxy) is 2. The topological polar surface area (TPSA) is 18.5 Å². The Morgan fingerprint density at radius 1 is 0.618 bits per heavy atom. The maximum atomic E-state index is 6.31. The van der Waals surface area contributed by atoms with Crippen molar-refractivity contribution < 1.29 is 9.47 Å².